The first kappa shape index (κ1) is 10.5. The molecular formula is C4H12B3O4P. The van der Waals surface area contributed by atoms with Crippen LogP contribution in [0.25, 0.3) is 0 Å². The monoisotopic (exact) mass is 188 g/mol. The third-order valence-corrected chi connectivity index (χ3v) is 1.88. The maximum absolute atomic E-state index is 5.37. The molecule has 1 heterocycles. The van der Waals surface area contributed by atoms with Crippen LogP contribution in [-0.4, -0.2) is 34.9 Å². The normalized spacial score (nSPS) is 19.2. The summed E-state index contributed by atoms with van der Waals surface area (Å²) in [6.45, 7) is 7.63. The highest BCUT2D eigenvalue weighted by molar-refractivity contribution is 7.52. The molecule has 8 heteroatoms. The van der Waals surface area contributed by atoms with Gasteiger partial charge in [0.25, 0.3) is 0 Å². The summed E-state index contributed by atoms with van der Waals surface area (Å²) in [4.78, 5) is 0. The smallest absolute Gasteiger partial charge is 0.453 e. The van der Waals surface area contributed by atoms with Gasteiger partial charge in [0.2, 0.25) is 0 Å². The van der Waals surface area contributed by atoms with Crippen molar-refractivity contribution in [3.63, 3.8) is 0 Å². The molecule has 0 spiro atoms. The van der Waals surface area contributed by atoms with Gasteiger partial charge in [0.05, 0.1) is 0 Å². The largest absolute Gasteiger partial charge is 0.614 e. The maximum Gasteiger partial charge on any atom is 0.614 e. The first-order valence-corrected chi connectivity index (χ1v) is 6.04. The third kappa shape index (κ3) is 3.46. The molecule has 0 amide bonds. The lowest BCUT2D eigenvalue weighted by Gasteiger charge is -2.27. The number of hydrogen-bond donors (Lipinski definition) is 0. The zero-order valence-electron chi connectivity index (χ0n) is 7.81. The Morgan fingerprint density at radius 2 is 1.50 bits per heavy atom. The van der Waals surface area contributed by atoms with Crippen molar-refractivity contribution in [2.24, 2.45) is 0 Å². The van der Waals surface area contributed by atoms with Gasteiger partial charge in [-0.15, -0.1) is 0 Å². The zero-order valence-corrected chi connectivity index (χ0v) is 8.71. The molecule has 1 aliphatic rings. The second kappa shape index (κ2) is 4.63. The van der Waals surface area contributed by atoms with Crippen LogP contribution < -0.4 is 0 Å². The molecule has 4 nitrogen and oxygen atoms in total. The second-order valence-corrected chi connectivity index (χ2v) is 4.59. The molecule has 0 aromatic rings. The molecule has 0 aliphatic carbocycles. The Kier molecular flexibility index (Phi) is 4.07. The summed E-state index contributed by atoms with van der Waals surface area (Å²) in [5, 5.41) is 0. The van der Waals surface area contributed by atoms with Crippen molar-refractivity contribution in [2.75, 3.05) is 13.3 Å². The molecule has 0 radical (unpaired) electrons. The maximum atomic E-state index is 5.37. The summed E-state index contributed by atoms with van der Waals surface area (Å²) in [5.74, 6) is 0. The lowest BCUT2D eigenvalue weighted by molar-refractivity contribution is 0.234. The minimum Gasteiger partial charge on any atom is -0.453 e. The van der Waals surface area contributed by atoms with E-state index in [1.165, 1.54) is 0 Å². The van der Waals surface area contributed by atoms with Gasteiger partial charge in [0.1, 0.15) is 0 Å². The van der Waals surface area contributed by atoms with Crippen molar-refractivity contribution < 1.29 is 18.2 Å². The molecule has 1 fully saturated rings. The van der Waals surface area contributed by atoms with E-state index in [0.29, 0.717) is 0 Å². The van der Waals surface area contributed by atoms with Gasteiger partial charge < -0.3 is 18.2 Å². The van der Waals surface area contributed by atoms with Gasteiger partial charge in [0, 0.05) is 8.15 Å². The second-order valence-electron chi connectivity index (χ2n) is 2.75. The van der Waals surface area contributed by atoms with Crippen molar-refractivity contribution in [3.8, 4) is 0 Å². The minimum absolute atomic E-state index is 0.256. The van der Waals surface area contributed by atoms with Crippen molar-refractivity contribution in [1.82, 2.24) is 0 Å². The summed E-state index contributed by atoms with van der Waals surface area (Å²) in [6, 6.07) is 0. The summed E-state index contributed by atoms with van der Waals surface area (Å²) in [7, 11) is -1.54. The minimum atomic E-state index is -0.565. The Balaban J connectivity index is 2.34. The molecule has 1 saturated heterocycles. The van der Waals surface area contributed by atoms with E-state index in [0.717, 1.165) is 0 Å². The fraction of sp³-hybridized carbons (Fsp3) is 1.00. The number of rotatable bonds is 2. The predicted molar refractivity (Wildman–Crippen MR) is 52.1 cm³/mol. The van der Waals surface area contributed by atoms with Gasteiger partial charge >= 0.3 is 21.6 Å². The zero-order chi connectivity index (χ0) is 9.14. The first-order chi connectivity index (χ1) is 5.58. The molecule has 0 unspecified atom stereocenters. The Morgan fingerprint density at radius 3 is 1.92 bits per heavy atom. The van der Waals surface area contributed by atoms with Gasteiger partial charge in [-0.2, -0.15) is 0 Å². The molecule has 0 aromatic heterocycles. The highest BCUT2D eigenvalue weighted by Crippen LogP contribution is 2.28. The predicted octanol–water partition coefficient (Wildman–Crippen LogP) is 0.944. The van der Waals surface area contributed by atoms with E-state index in [9.17, 15) is 0 Å². The SMILES string of the molecule is CB1OB(C)OB(OP(C)C)O1. The molecule has 0 saturated carbocycles. The van der Waals surface area contributed by atoms with E-state index in [4.69, 9.17) is 18.2 Å². The Morgan fingerprint density at radius 1 is 1.00 bits per heavy atom. The summed E-state index contributed by atoms with van der Waals surface area (Å²) < 4.78 is 21.0. The van der Waals surface area contributed by atoms with Crippen LogP contribution in [0.5, 0.6) is 0 Å². The van der Waals surface area contributed by atoms with E-state index in [2.05, 4.69) is 0 Å². The van der Waals surface area contributed by atoms with Crippen LogP contribution in [0.1, 0.15) is 0 Å². The van der Waals surface area contributed by atoms with E-state index in [1.807, 2.05) is 27.0 Å². The van der Waals surface area contributed by atoms with Gasteiger partial charge in [0.15, 0.2) is 0 Å². The molecule has 0 N–H and O–H groups in total. The van der Waals surface area contributed by atoms with Gasteiger partial charge in [-0.25, -0.2) is 0 Å². The molecule has 1 aliphatic heterocycles. The van der Waals surface area contributed by atoms with E-state index in [1.54, 1.807) is 0 Å². The number of hydrogen-bond acceptors (Lipinski definition) is 4. The average molecular weight is 188 g/mol. The van der Waals surface area contributed by atoms with Gasteiger partial charge in [-0.3, -0.25) is 0 Å². The fourth-order valence-electron chi connectivity index (χ4n) is 0.901. The van der Waals surface area contributed by atoms with Crippen LogP contribution in [0.2, 0.25) is 13.6 Å². The highest BCUT2D eigenvalue weighted by atomic mass is 31.1. The van der Waals surface area contributed by atoms with E-state index >= 15 is 0 Å². The average Bonchev–Trinajstić information content (AvgIpc) is 1.81. The van der Waals surface area contributed by atoms with Gasteiger partial charge in [-0.1, -0.05) is 0 Å². The highest BCUT2D eigenvalue weighted by Gasteiger charge is 2.38. The Hall–Kier alpha value is 0.465. The standard InChI is InChI=1S/C4H12B3O4P/c1-5-8-6(2)10-7(9-5)11-12(3)4/h1-4H3. The Bertz CT molecular complexity index is 136. The van der Waals surface area contributed by atoms with Crippen LogP contribution in [0.3, 0.4) is 0 Å². The van der Waals surface area contributed by atoms with Gasteiger partial charge in [-0.05, 0) is 27.0 Å². The first-order valence-electron chi connectivity index (χ1n) is 3.88. The molecule has 0 bridgehead atoms. The fourth-order valence-corrected chi connectivity index (χ4v) is 1.34. The lowest BCUT2D eigenvalue weighted by Crippen LogP contribution is -2.47. The van der Waals surface area contributed by atoms with Crippen LogP contribution in [0.4, 0.5) is 0 Å². The quantitative estimate of drug-likeness (QED) is 0.476. The Labute approximate surface area is 75.6 Å². The van der Waals surface area contributed by atoms with Crippen LogP contribution in [0, 0.1) is 0 Å². The van der Waals surface area contributed by atoms with Crippen molar-refractivity contribution in [1.29, 1.82) is 0 Å². The molecule has 0 atom stereocenters. The van der Waals surface area contributed by atoms with Crippen molar-refractivity contribution in [2.45, 2.75) is 13.6 Å². The lowest BCUT2D eigenvalue weighted by atomic mass is 9.79. The molecule has 12 heavy (non-hydrogen) atoms. The van der Waals surface area contributed by atoms with Crippen LogP contribution >= 0.6 is 8.15 Å². The third-order valence-electron chi connectivity index (χ3n) is 1.29. The molecular weight excluding hydrogens is 175 g/mol. The van der Waals surface area contributed by atoms with Crippen LogP contribution in [0.15, 0.2) is 0 Å². The molecule has 66 valence electrons. The van der Waals surface area contributed by atoms with E-state index < -0.39 is 15.5 Å². The summed E-state index contributed by atoms with van der Waals surface area (Å²) in [6.07, 6.45) is 0. The summed E-state index contributed by atoms with van der Waals surface area (Å²) in [5.41, 5.74) is 0. The summed E-state index contributed by atoms with van der Waals surface area (Å²) >= 11 is 0. The molecule has 1 rings (SSSR count). The molecule has 0 aromatic carbocycles. The van der Waals surface area contributed by atoms with Crippen molar-refractivity contribution in [3.05, 3.63) is 0 Å². The van der Waals surface area contributed by atoms with Crippen molar-refractivity contribution >= 4 is 29.7 Å². The topological polar surface area (TPSA) is 36.9 Å². The van der Waals surface area contributed by atoms with Crippen LogP contribution in [-0.2, 0) is 18.2 Å². The van der Waals surface area contributed by atoms with E-state index in [-0.39, 0.29) is 14.2 Å².